The Labute approximate surface area is 180 Å². The summed E-state index contributed by atoms with van der Waals surface area (Å²) >= 11 is 0. The molecule has 2 amide bonds. The predicted octanol–water partition coefficient (Wildman–Crippen LogP) is 3.46. The number of rotatable bonds is 7. The number of carbonyl (C=O) groups excluding carboxylic acids is 2. The Balaban J connectivity index is 1.52. The highest BCUT2D eigenvalue weighted by Gasteiger charge is 2.15. The van der Waals surface area contributed by atoms with Crippen molar-refractivity contribution < 1.29 is 9.59 Å². The van der Waals surface area contributed by atoms with Crippen molar-refractivity contribution in [2.24, 2.45) is 5.73 Å². The summed E-state index contributed by atoms with van der Waals surface area (Å²) in [6.07, 6.45) is 2.45. The summed E-state index contributed by atoms with van der Waals surface area (Å²) in [5, 5.41) is 12.6. The van der Waals surface area contributed by atoms with Gasteiger partial charge in [0, 0.05) is 49.3 Å². The number of nitrogens with one attached hydrogen (secondary N) is 4. The van der Waals surface area contributed by atoms with Crippen LogP contribution in [0.1, 0.15) is 28.4 Å². The summed E-state index contributed by atoms with van der Waals surface area (Å²) < 4.78 is 0. The number of fused-ring (bicyclic) bond motifs is 1. The predicted molar refractivity (Wildman–Crippen MR) is 123 cm³/mol. The molecule has 2 heterocycles. The molecular formula is C23H24N6O2. The Morgan fingerprint density at radius 2 is 1.90 bits per heavy atom. The zero-order valence-corrected chi connectivity index (χ0v) is 17.2. The van der Waals surface area contributed by atoms with E-state index in [9.17, 15) is 9.59 Å². The fraction of sp³-hybridized carbons (Fsp3) is 0.174. The van der Waals surface area contributed by atoms with Crippen LogP contribution in [0.25, 0.3) is 0 Å². The first-order valence-corrected chi connectivity index (χ1v) is 10.0. The van der Waals surface area contributed by atoms with E-state index in [2.05, 4.69) is 38.4 Å². The van der Waals surface area contributed by atoms with Crippen LogP contribution in [0, 0.1) is 0 Å². The third kappa shape index (κ3) is 4.75. The molecule has 0 atom stereocenters. The van der Waals surface area contributed by atoms with E-state index < -0.39 is 5.91 Å². The van der Waals surface area contributed by atoms with Gasteiger partial charge in [0.05, 0.1) is 11.3 Å². The molecule has 1 aromatic heterocycles. The zero-order valence-electron chi connectivity index (χ0n) is 17.2. The van der Waals surface area contributed by atoms with Gasteiger partial charge in [-0.3, -0.25) is 9.59 Å². The largest absolute Gasteiger partial charge is 0.384 e. The average Bonchev–Trinajstić information content (AvgIpc) is 3.23. The first kappa shape index (κ1) is 20.2. The van der Waals surface area contributed by atoms with E-state index >= 15 is 0 Å². The maximum atomic E-state index is 11.9. The maximum absolute atomic E-state index is 11.9. The molecule has 0 saturated carbocycles. The van der Waals surface area contributed by atoms with Crippen molar-refractivity contribution in [3.63, 3.8) is 0 Å². The van der Waals surface area contributed by atoms with Crippen LogP contribution in [0.2, 0.25) is 0 Å². The fourth-order valence-electron chi connectivity index (χ4n) is 3.63. The molecule has 0 unspecified atom stereocenters. The molecule has 1 aliphatic rings. The molecule has 0 bridgehead atoms. The van der Waals surface area contributed by atoms with Crippen LogP contribution in [-0.2, 0) is 17.8 Å². The molecule has 8 nitrogen and oxygen atoms in total. The van der Waals surface area contributed by atoms with Gasteiger partial charge in [-0.05, 0) is 47.9 Å². The quantitative estimate of drug-likeness (QED) is 0.402. The van der Waals surface area contributed by atoms with Crippen molar-refractivity contribution in [3.8, 4) is 0 Å². The highest BCUT2D eigenvalue weighted by molar-refractivity contribution is 5.98. The van der Waals surface area contributed by atoms with Crippen molar-refractivity contribution in [3.05, 3.63) is 71.4 Å². The van der Waals surface area contributed by atoms with Crippen molar-refractivity contribution in [1.29, 1.82) is 0 Å². The van der Waals surface area contributed by atoms with Gasteiger partial charge in [-0.25, -0.2) is 4.98 Å². The normalized spacial score (nSPS) is 11.9. The number of carbonyl (C=O) groups is 2. The van der Waals surface area contributed by atoms with E-state index in [0.29, 0.717) is 29.3 Å². The molecule has 31 heavy (non-hydrogen) atoms. The molecule has 0 aliphatic carbocycles. The Hall–Kier alpha value is -4.07. The number of primary amides is 1. The van der Waals surface area contributed by atoms with Crippen molar-refractivity contribution in [2.75, 3.05) is 27.8 Å². The fourth-order valence-corrected chi connectivity index (χ4v) is 3.63. The van der Waals surface area contributed by atoms with Gasteiger partial charge in [-0.2, -0.15) is 0 Å². The number of amides is 2. The Morgan fingerprint density at radius 1 is 1.13 bits per heavy atom. The Kier molecular flexibility index (Phi) is 5.70. The summed E-state index contributed by atoms with van der Waals surface area (Å²) in [6, 6.07) is 15.2. The zero-order chi connectivity index (χ0) is 21.8. The van der Waals surface area contributed by atoms with Crippen molar-refractivity contribution in [2.45, 2.75) is 19.9 Å². The van der Waals surface area contributed by atoms with Gasteiger partial charge in [0.1, 0.15) is 5.82 Å². The molecule has 0 spiro atoms. The number of nitrogens with two attached hydrogens (primary N) is 1. The Bertz CT molecular complexity index is 1130. The third-order valence-corrected chi connectivity index (χ3v) is 5.08. The smallest absolute Gasteiger partial charge is 0.252 e. The van der Waals surface area contributed by atoms with Crippen molar-refractivity contribution in [1.82, 2.24) is 4.98 Å². The van der Waals surface area contributed by atoms with E-state index in [4.69, 9.17) is 5.73 Å². The minimum absolute atomic E-state index is 0.125. The standard InChI is InChI=1S/C23H24N6O2/c1-14(30)28-16-5-7-17(8-6-16)29-22-11-21(19(13-27-22)23(24)31)26-12-15-3-2-4-20-18(15)9-10-25-20/h2-8,11,13,25H,9-10,12H2,1H3,(H2,24,31)(H,28,30)(H2,26,27,29). The van der Waals surface area contributed by atoms with Gasteiger partial charge in [0.2, 0.25) is 5.91 Å². The number of aromatic nitrogens is 1. The molecule has 0 radical (unpaired) electrons. The van der Waals surface area contributed by atoms with E-state index in [-0.39, 0.29) is 5.91 Å². The van der Waals surface area contributed by atoms with Gasteiger partial charge in [-0.1, -0.05) is 12.1 Å². The molecule has 0 saturated heterocycles. The van der Waals surface area contributed by atoms with Gasteiger partial charge < -0.3 is 27.0 Å². The molecule has 8 heteroatoms. The summed E-state index contributed by atoms with van der Waals surface area (Å²) in [7, 11) is 0. The molecule has 0 fully saturated rings. The summed E-state index contributed by atoms with van der Waals surface area (Å²) in [6.45, 7) is 2.97. The van der Waals surface area contributed by atoms with Gasteiger partial charge in [0.15, 0.2) is 0 Å². The van der Waals surface area contributed by atoms with Gasteiger partial charge >= 0.3 is 0 Å². The van der Waals surface area contributed by atoms with E-state index in [1.165, 1.54) is 24.2 Å². The maximum Gasteiger partial charge on any atom is 0.252 e. The lowest BCUT2D eigenvalue weighted by molar-refractivity contribution is -0.114. The van der Waals surface area contributed by atoms with E-state index in [0.717, 1.165) is 24.3 Å². The van der Waals surface area contributed by atoms with Crippen LogP contribution >= 0.6 is 0 Å². The molecule has 4 rings (SSSR count). The highest BCUT2D eigenvalue weighted by Crippen LogP contribution is 2.27. The van der Waals surface area contributed by atoms with Crippen LogP contribution in [0.5, 0.6) is 0 Å². The first-order valence-electron chi connectivity index (χ1n) is 10.0. The van der Waals surface area contributed by atoms with Gasteiger partial charge in [-0.15, -0.1) is 0 Å². The first-order chi connectivity index (χ1) is 15.0. The summed E-state index contributed by atoms with van der Waals surface area (Å²) in [5.74, 6) is -0.0964. The van der Waals surface area contributed by atoms with Crippen LogP contribution in [0.3, 0.4) is 0 Å². The molecule has 1 aliphatic heterocycles. The molecule has 6 N–H and O–H groups in total. The second kappa shape index (κ2) is 8.74. The van der Waals surface area contributed by atoms with Crippen molar-refractivity contribution >= 4 is 40.4 Å². The van der Waals surface area contributed by atoms with E-state index in [1.807, 2.05) is 18.2 Å². The highest BCUT2D eigenvalue weighted by atomic mass is 16.1. The van der Waals surface area contributed by atoms with Gasteiger partial charge in [0.25, 0.3) is 5.91 Å². The SMILES string of the molecule is CC(=O)Nc1ccc(Nc2cc(NCc3cccc4c3CCN4)c(C(N)=O)cn2)cc1. The van der Waals surface area contributed by atoms with Crippen LogP contribution < -0.4 is 27.0 Å². The number of hydrogen-bond acceptors (Lipinski definition) is 6. The molecule has 158 valence electrons. The third-order valence-electron chi connectivity index (χ3n) is 5.08. The van der Waals surface area contributed by atoms with Crippen LogP contribution in [-0.4, -0.2) is 23.3 Å². The second-order valence-corrected chi connectivity index (χ2v) is 7.34. The molecule has 3 aromatic rings. The van der Waals surface area contributed by atoms with E-state index in [1.54, 1.807) is 18.2 Å². The second-order valence-electron chi connectivity index (χ2n) is 7.34. The summed E-state index contributed by atoms with van der Waals surface area (Å²) in [4.78, 5) is 27.4. The van der Waals surface area contributed by atoms with Crippen LogP contribution in [0.15, 0.2) is 54.7 Å². The number of hydrogen-bond donors (Lipinski definition) is 5. The Morgan fingerprint density at radius 3 is 2.65 bits per heavy atom. The van der Waals surface area contributed by atoms with Crippen LogP contribution in [0.4, 0.5) is 28.6 Å². The number of benzene rings is 2. The molecular weight excluding hydrogens is 392 g/mol. The number of pyridine rings is 1. The minimum atomic E-state index is -0.541. The molecule has 2 aromatic carbocycles. The topological polar surface area (TPSA) is 121 Å². The number of anilines is 5. The lowest BCUT2D eigenvalue weighted by atomic mass is 10.0. The summed E-state index contributed by atoms with van der Waals surface area (Å²) in [5.41, 5.74) is 11.6. The lowest BCUT2D eigenvalue weighted by Gasteiger charge is -2.14. The average molecular weight is 416 g/mol. The minimum Gasteiger partial charge on any atom is -0.384 e. The lowest BCUT2D eigenvalue weighted by Crippen LogP contribution is -2.15. The monoisotopic (exact) mass is 416 g/mol. The number of nitrogens with zero attached hydrogens (tertiary/aromatic N) is 1.